The highest BCUT2D eigenvalue weighted by molar-refractivity contribution is 6.39. The molecular formula is C19H19N3O5. The van der Waals surface area contributed by atoms with Crippen LogP contribution in [0.15, 0.2) is 53.6 Å². The van der Waals surface area contributed by atoms with Gasteiger partial charge in [0, 0.05) is 5.69 Å². The Morgan fingerprint density at radius 1 is 1.07 bits per heavy atom. The molecule has 0 aliphatic heterocycles. The SMILES string of the molecule is CCOC(=O)c1ccc(NC(=O)C(=O)N/N=C\c2cccc(OC)c2)cc1. The number of amides is 2. The number of esters is 1. The maximum atomic E-state index is 11.9. The summed E-state index contributed by atoms with van der Waals surface area (Å²) >= 11 is 0. The van der Waals surface area contributed by atoms with Crippen molar-refractivity contribution >= 4 is 29.7 Å². The predicted octanol–water partition coefficient (Wildman–Crippen LogP) is 1.96. The second-order valence-electron chi connectivity index (χ2n) is 5.23. The number of hydrogen-bond acceptors (Lipinski definition) is 6. The van der Waals surface area contributed by atoms with Gasteiger partial charge in [-0.2, -0.15) is 5.10 Å². The zero-order chi connectivity index (χ0) is 19.6. The summed E-state index contributed by atoms with van der Waals surface area (Å²) in [5, 5.41) is 6.15. The number of anilines is 1. The molecule has 0 radical (unpaired) electrons. The number of hydrazone groups is 1. The van der Waals surface area contributed by atoms with E-state index in [9.17, 15) is 14.4 Å². The number of methoxy groups -OCH3 is 1. The highest BCUT2D eigenvalue weighted by Crippen LogP contribution is 2.11. The van der Waals surface area contributed by atoms with Gasteiger partial charge in [0.1, 0.15) is 5.75 Å². The van der Waals surface area contributed by atoms with Crippen molar-refractivity contribution in [1.82, 2.24) is 5.43 Å². The van der Waals surface area contributed by atoms with Crippen LogP contribution in [0.2, 0.25) is 0 Å². The third-order valence-corrected chi connectivity index (χ3v) is 3.33. The Hall–Kier alpha value is -3.68. The summed E-state index contributed by atoms with van der Waals surface area (Å²) in [7, 11) is 1.54. The highest BCUT2D eigenvalue weighted by atomic mass is 16.5. The molecule has 0 bridgehead atoms. The summed E-state index contributed by atoms with van der Waals surface area (Å²) in [4.78, 5) is 35.2. The molecule has 0 fully saturated rings. The molecule has 140 valence electrons. The number of carbonyl (C=O) groups is 3. The summed E-state index contributed by atoms with van der Waals surface area (Å²) in [6.45, 7) is 1.98. The van der Waals surface area contributed by atoms with Crippen LogP contribution in [0, 0.1) is 0 Å². The van der Waals surface area contributed by atoms with Crippen LogP contribution in [0.3, 0.4) is 0 Å². The molecule has 0 heterocycles. The first-order chi connectivity index (χ1) is 13.0. The smallest absolute Gasteiger partial charge is 0.338 e. The zero-order valence-corrected chi connectivity index (χ0v) is 14.9. The molecule has 0 saturated carbocycles. The molecule has 8 heteroatoms. The Balaban J connectivity index is 1.88. The fraction of sp³-hybridized carbons (Fsp3) is 0.158. The molecule has 27 heavy (non-hydrogen) atoms. The van der Waals surface area contributed by atoms with E-state index < -0.39 is 17.8 Å². The summed E-state index contributed by atoms with van der Waals surface area (Å²) in [5.41, 5.74) is 3.55. The number of carbonyl (C=O) groups excluding carboxylic acids is 3. The molecule has 2 N–H and O–H groups in total. The lowest BCUT2D eigenvalue weighted by atomic mass is 10.2. The number of nitrogens with zero attached hydrogens (tertiary/aromatic N) is 1. The van der Waals surface area contributed by atoms with Crippen molar-refractivity contribution in [2.75, 3.05) is 19.0 Å². The van der Waals surface area contributed by atoms with E-state index in [1.807, 2.05) is 0 Å². The number of hydrogen-bond donors (Lipinski definition) is 2. The number of rotatable bonds is 6. The summed E-state index contributed by atoms with van der Waals surface area (Å²) in [6.07, 6.45) is 1.39. The topological polar surface area (TPSA) is 106 Å². The van der Waals surface area contributed by atoms with Crippen LogP contribution in [0.5, 0.6) is 5.75 Å². The molecule has 0 saturated heterocycles. The Morgan fingerprint density at radius 2 is 1.81 bits per heavy atom. The molecule has 2 rings (SSSR count). The average Bonchev–Trinajstić information content (AvgIpc) is 2.68. The van der Waals surface area contributed by atoms with Crippen molar-refractivity contribution in [2.45, 2.75) is 6.92 Å². The minimum atomic E-state index is -0.927. The highest BCUT2D eigenvalue weighted by Gasteiger charge is 2.13. The number of benzene rings is 2. The van der Waals surface area contributed by atoms with Gasteiger partial charge in [0.15, 0.2) is 0 Å². The zero-order valence-electron chi connectivity index (χ0n) is 14.9. The van der Waals surface area contributed by atoms with Gasteiger partial charge in [-0.3, -0.25) is 9.59 Å². The van der Waals surface area contributed by atoms with E-state index in [-0.39, 0.29) is 6.61 Å². The maximum Gasteiger partial charge on any atom is 0.338 e. The molecule has 0 spiro atoms. The molecule has 2 amide bonds. The van der Waals surface area contributed by atoms with Gasteiger partial charge in [-0.25, -0.2) is 10.2 Å². The van der Waals surface area contributed by atoms with Crippen LogP contribution in [0.1, 0.15) is 22.8 Å². The normalized spacial score (nSPS) is 10.3. The quantitative estimate of drug-likeness (QED) is 0.350. The fourth-order valence-electron chi connectivity index (χ4n) is 2.03. The fourth-order valence-corrected chi connectivity index (χ4v) is 2.03. The van der Waals surface area contributed by atoms with Crippen LogP contribution in [0.25, 0.3) is 0 Å². The first-order valence-electron chi connectivity index (χ1n) is 8.09. The molecule has 0 aliphatic carbocycles. The number of ether oxygens (including phenoxy) is 2. The van der Waals surface area contributed by atoms with Gasteiger partial charge < -0.3 is 14.8 Å². The summed E-state index contributed by atoms with van der Waals surface area (Å²) in [6, 6.07) is 13.0. The van der Waals surface area contributed by atoms with E-state index >= 15 is 0 Å². The van der Waals surface area contributed by atoms with Crippen molar-refractivity contribution in [3.63, 3.8) is 0 Å². The first-order valence-corrected chi connectivity index (χ1v) is 8.09. The van der Waals surface area contributed by atoms with Crippen LogP contribution in [-0.4, -0.2) is 37.7 Å². The van der Waals surface area contributed by atoms with Gasteiger partial charge in [-0.1, -0.05) is 12.1 Å². The molecule has 0 unspecified atom stereocenters. The van der Waals surface area contributed by atoms with E-state index in [0.29, 0.717) is 22.6 Å². The lowest BCUT2D eigenvalue weighted by Crippen LogP contribution is -2.32. The van der Waals surface area contributed by atoms with E-state index in [1.54, 1.807) is 38.3 Å². The molecule has 2 aromatic rings. The van der Waals surface area contributed by atoms with Crippen LogP contribution < -0.4 is 15.5 Å². The lowest BCUT2D eigenvalue weighted by Gasteiger charge is -2.05. The maximum absolute atomic E-state index is 11.9. The second-order valence-corrected chi connectivity index (χ2v) is 5.23. The minimum absolute atomic E-state index is 0.272. The van der Waals surface area contributed by atoms with Gasteiger partial charge in [0.25, 0.3) is 0 Å². The monoisotopic (exact) mass is 369 g/mol. The van der Waals surface area contributed by atoms with E-state index in [4.69, 9.17) is 9.47 Å². The van der Waals surface area contributed by atoms with Gasteiger partial charge >= 0.3 is 17.8 Å². The van der Waals surface area contributed by atoms with Gasteiger partial charge in [0.2, 0.25) is 0 Å². The molecule has 0 atom stereocenters. The van der Waals surface area contributed by atoms with Crippen molar-refractivity contribution in [3.8, 4) is 5.75 Å². The summed E-state index contributed by atoms with van der Waals surface area (Å²) < 4.78 is 9.95. The molecule has 2 aromatic carbocycles. The second kappa shape index (κ2) is 9.71. The molecular weight excluding hydrogens is 350 g/mol. The Kier molecular flexibility index (Phi) is 7.07. The Morgan fingerprint density at radius 3 is 2.48 bits per heavy atom. The largest absolute Gasteiger partial charge is 0.497 e. The van der Waals surface area contributed by atoms with E-state index in [2.05, 4.69) is 15.8 Å². The third-order valence-electron chi connectivity index (χ3n) is 3.33. The first kappa shape index (κ1) is 19.6. The van der Waals surface area contributed by atoms with Gasteiger partial charge in [-0.05, 0) is 48.9 Å². The van der Waals surface area contributed by atoms with Crippen molar-refractivity contribution in [3.05, 3.63) is 59.7 Å². The molecule has 0 aliphatic rings. The lowest BCUT2D eigenvalue weighted by molar-refractivity contribution is -0.136. The average molecular weight is 369 g/mol. The Labute approximate surface area is 156 Å². The predicted molar refractivity (Wildman–Crippen MR) is 99.8 cm³/mol. The van der Waals surface area contributed by atoms with Gasteiger partial charge in [-0.15, -0.1) is 0 Å². The van der Waals surface area contributed by atoms with Crippen molar-refractivity contribution < 1.29 is 23.9 Å². The standard InChI is InChI=1S/C19H19N3O5/c1-3-27-19(25)14-7-9-15(10-8-14)21-17(23)18(24)22-20-12-13-5-4-6-16(11-13)26-2/h4-12H,3H2,1-2H3,(H,21,23)(H,22,24)/b20-12-. The van der Waals surface area contributed by atoms with Crippen molar-refractivity contribution in [1.29, 1.82) is 0 Å². The Bertz CT molecular complexity index is 847. The molecule has 0 aromatic heterocycles. The van der Waals surface area contributed by atoms with Crippen LogP contribution in [0.4, 0.5) is 5.69 Å². The number of nitrogens with one attached hydrogen (secondary N) is 2. The van der Waals surface area contributed by atoms with Gasteiger partial charge in [0.05, 0.1) is 25.5 Å². The summed E-state index contributed by atoms with van der Waals surface area (Å²) in [5.74, 6) is -1.63. The van der Waals surface area contributed by atoms with Crippen LogP contribution in [-0.2, 0) is 14.3 Å². The minimum Gasteiger partial charge on any atom is -0.497 e. The van der Waals surface area contributed by atoms with E-state index in [0.717, 1.165) is 0 Å². The van der Waals surface area contributed by atoms with Crippen LogP contribution >= 0.6 is 0 Å². The third kappa shape index (κ3) is 5.96. The molecule has 8 nitrogen and oxygen atoms in total. The van der Waals surface area contributed by atoms with Crippen molar-refractivity contribution in [2.24, 2.45) is 5.10 Å². The van der Waals surface area contributed by atoms with E-state index in [1.165, 1.54) is 30.5 Å².